The number of sulfone groups is 1. The van der Waals surface area contributed by atoms with Crippen LogP contribution in [-0.2, 0) is 30.0 Å². The molecular formula is C21H19N5O2S. The van der Waals surface area contributed by atoms with Gasteiger partial charge in [-0.2, -0.15) is 5.10 Å². The quantitative estimate of drug-likeness (QED) is 0.522. The van der Waals surface area contributed by atoms with Crippen molar-refractivity contribution in [3.05, 3.63) is 78.9 Å². The lowest BCUT2D eigenvalue weighted by molar-refractivity contribution is 0.596. The van der Waals surface area contributed by atoms with Crippen molar-refractivity contribution >= 4 is 26.7 Å². The first-order valence-corrected chi connectivity index (χ1v) is 10.7. The second kappa shape index (κ2) is 6.59. The Labute approximate surface area is 168 Å². The fourth-order valence-electron chi connectivity index (χ4n) is 3.58. The van der Waals surface area contributed by atoms with Gasteiger partial charge in [-0.05, 0) is 42.0 Å². The molecule has 0 bridgehead atoms. The maximum atomic E-state index is 13.1. The van der Waals surface area contributed by atoms with E-state index in [2.05, 4.69) is 20.7 Å². The molecule has 3 heterocycles. The number of fused-ring (bicyclic) bond motifs is 2. The molecule has 0 spiro atoms. The van der Waals surface area contributed by atoms with Crippen LogP contribution in [0.2, 0.25) is 0 Å². The van der Waals surface area contributed by atoms with Gasteiger partial charge in [0.25, 0.3) is 0 Å². The minimum atomic E-state index is -3.60. The number of hydrogen-bond donors (Lipinski definition) is 0. The summed E-state index contributed by atoms with van der Waals surface area (Å²) < 4.78 is 29.9. The fourth-order valence-corrected chi connectivity index (χ4v) is 4.86. The minimum Gasteiger partial charge on any atom is -0.314 e. The maximum absolute atomic E-state index is 13.1. The average molecular weight is 405 g/mol. The highest BCUT2D eigenvalue weighted by molar-refractivity contribution is 7.91. The third-order valence-corrected chi connectivity index (χ3v) is 6.92. The molecular weight excluding hydrogens is 386 g/mol. The molecule has 0 unspecified atom stereocenters. The lowest BCUT2D eigenvalue weighted by Crippen LogP contribution is -2.22. The van der Waals surface area contributed by atoms with Crippen LogP contribution in [0.4, 0.5) is 5.95 Å². The van der Waals surface area contributed by atoms with Crippen LogP contribution >= 0.6 is 0 Å². The number of aryl methyl sites for hydroxylation is 1. The molecule has 1 aliphatic rings. The molecule has 0 N–H and O–H groups in total. The molecule has 29 heavy (non-hydrogen) atoms. The van der Waals surface area contributed by atoms with Crippen molar-refractivity contribution in [3.8, 4) is 0 Å². The normalized spacial score (nSPS) is 13.8. The van der Waals surface area contributed by atoms with Crippen LogP contribution in [-0.4, -0.2) is 27.7 Å². The topological polar surface area (TPSA) is 73.0 Å². The maximum Gasteiger partial charge on any atom is 0.210 e. The Morgan fingerprint density at radius 3 is 2.69 bits per heavy atom. The van der Waals surface area contributed by atoms with E-state index in [0.717, 1.165) is 29.0 Å². The van der Waals surface area contributed by atoms with Gasteiger partial charge in [-0.1, -0.05) is 12.1 Å². The lowest BCUT2D eigenvalue weighted by Gasteiger charge is -2.24. The molecule has 4 aromatic rings. The summed E-state index contributed by atoms with van der Waals surface area (Å²) >= 11 is 0. The van der Waals surface area contributed by atoms with E-state index in [1.807, 2.05) is 29.4 Å². The summed E-state index contributed by atoms with van der Waals surface area (Å²) in [4.78, 5) is 6.98. The zero-order valence-electron chi connectivity index (χ0n) is 15.8. The van der Waals surface area contributed by atoms with Gasteiger partial charge >= 0.3 is 0 Å². The van der Waals surface area contributed by atoms with Gasteiger partial charge in [0.2, 0.25) is 15.8 Å². The zero-order chi connectivity index (χ0) is 20.0. The van der Waals surface area contributed by atoms with Crippen molar-refractivity contribution < 1.29 is 8.42 Å². The SMILES string of the molecule is Cn1ncc2ccc(S(=O)(=O)c3ccc(CN4C=CCn5ccnc54)cc3)cc21. The number of benzene rings is 2. The molecule has 0 radical (unpaired) electrons. The molecule has 0 saturated carbocycles. The van der Waals surface area contributed by atoms with Crippen LogP contribution in [0.3, 0.4) is 0 Å². The summed E-state index contributed by atoms with van der Waals surface area (Å²) in [5.74, 6) is 0.883. The Kier molecular flexibility index (Phi) is 4.02. The van der Waals surface area contributed by atoms with E-state index in [-0.39, 0.29) is 9.79 Å². The summed E-state index contributed by atoms with van der Waals surface area (Å²) in [7, 11) is -1.80. The molecule has 0 amide bonds. The number of anilines is 1. The Balaban J connectivity index is 1.42. The van der Waals surface area contributed by atoms with Gasteiger partial charge in [0.05, 0.1) is 28.0 Å². The predicted octanol–water partition coefficient (Wildman–Crippen LogP) is 3.14. The highest BCUT2D eigenvalue weighted by atomic mass is 32.2. The van der Waals surface area contributed by atoms with Crippen molar-refractivity contribution in [2.45, 2.75) is 22.9 Å². The smallest absolute Gasteiger partial charge is 0.210 e. The lowest BCUT2D eigenvalue weighted by atomic mass is 10.2. The molecule has 146 valence electrons. The Hall–Kier alpha value is -3.39. The summed E-state index contributed by atoms with van der Waals surface area (Å²) in [6.07, 6.45) is 9.53. The molecule has 0 fully saturated rings. The molecule has 0 atom stereocenters. The summed E-state index contributed by atoms with van der Waals surface area (Å²) in [6.45, 7) is 1.43. The van der Waals surface area contributed by atoms with Crippen molar-refractivity contribution in [3.63, 3.8) is 0 Å². The molecule has 0 aliphatic carbocycles. The highest BCUT2D eigenvalue weighted by Crippen LogP contribution is 2.26. The van der Waals surface area contributed by atoms with Crippen molar-refractivity contribution in [2.24, 2.45) is 7.05 Å². The van der Waals surface area contributed by atoms with Crippen LogP contribution in [0.25, 0.3) is 10.9 Å². The van der Waals surface area contributed by atoms with Gasteiger partial charge in [0.1, 0.15) is 0 Å². The molecule has 1 aliphatic heterocycles. The second-order valence-corrected chi connectivity index (χ2v) is 8.98. The Morgan fingerprint density at radius 1 is 1.07 bits per heavy atom. The zero-order valence-corrected chi connectivity index (χ0v) is 16.6. The van der Waals surface area contributed by atoms with Crippen LogP contribution in [0.1, 0.15) is 5.56 Å². The largest absolute Gasteiger partial charge is 0.314 e. The van der Waals surface area contributed by atoms with E-state index >= 15 is 0 Å². The summed E-state index contributed by atoms with van der Waals surface area (Å²) in [6, 6.07) is 12.1. The minimum absolute atomic E-state index is 0.266. The van der Waals surface area contributed by atoms with E-state index in [1.54, 1.807) is 54.5 Å². The van der Waals surface area contributed by atoms with Gasteiger partial charge in [-0.3, -0.25) is 4.68 Å². The van der Waals surface area contributed by atoms with Gasteiger partial charge in [-0.15, -0.1) is 0 Å². The monoisotopic (exact) mass is 405 g/mol. The Morgan fingerprint density at radius 2 is 1.86 bits per heavy atom. The average Bonchev–Trinajstić information content (AvgIpc) is 3.36. The molecule has 2 aromatic heterocycles. The standard InChI is InChI=1S/C21H19N5O2S/c1-24-20-13-19(8-5-17(20)14-23-24)29(27,28)18-6-3-16(4-7-18)15-26-11-2-10-25-12-9-22-21(25)26/h2-9,11-14H,10,15H2,1H3. The van der Waals surface area contributed by atoms with E-state index in [0.29, 0.717) is 6.54 Å². The second-order valence-electron chi connectivity index (χ2n) is 7.03. The summed E-state index contributed by atoms with van der Waals surface area (Å²) in [5, 5.41) is 5.09. The summed E-state index contributed by atoms with van der Waals surface area (Å²) in [5.41, 5.74) is 1.79. The van der Waals surface area contributed by atoms with Gasteiger partial charge in [0, 0.05) is 37.6 Å². The molecule has 0 saturated heterocycles. The fraction of sp³-hybridized carbons (Fsp3) is 0.143. The molecule has 7 nitrogen and oxygen atoms in total. The number of aromatic nitrogens is 4. The van der Waals surface area contributed by atoms with Crippen molar-refractivity contribution in [1.82, 2.24) is 19.3 Å². The van der Waals surface area contributed by atoms with Crippen LogP contribution in [0.15, 0.2) is 83.1 Å². The number of nitrogens with zero attached hydrogens (tertiary/aromatic N) is 5. The molecule has 5 rings (SSSR count). The van der Waals surface area contributed by atoms with Gasteiger partial charge in [0.15, 0.2) is 0 Å². The number of allylic oxidation sites excluding steroid dienone is 1. The predicted molar refractivity (Wildman–Crippen MR) is 110 cm³/mol. The van der Waals surface area contributed by atoms with E-state index < -0.39 is 9.84 Å². The Bertz CT molecular complexity index is 1330. The van der Waals surface area contributed by atoms with Crippen LogP contribution < -0.4 is 4.90 Å². The van der Waals surface area contributed by atoms with Crippen molar-refractivity contribution in [1.29, 1.82) is 0 Å². The first kappa shape index (κ1) is 17.7. The van der Waals surface area contributed by atoms with E-state index in [4.69, 9.17) is 0 Å². The first-order chi connectivity index (χ1) is 14.0. The third-order valence-electron chi connectivity index (χ3n) is 5.16. The third kappa shape index (κ3) is 3.01. The van der Waals surface area contributed by atoms with Crippen LogP contribution in [0.5, 0.6) is 0 Å². The number of hydrogen-bond acceptors (Lipinski definition) is 5. The first-order valence-electron chi connectivity index (χ1n) is 9.23. The van der Waals surface area contributed by atoms with E-state index in [9.17, 15) is 8.42 Å². The molecule has 8 heteroatoms. The van der Waals surface area contributed by atoms with Gasteiger partial charge in [-0.25, -0.2) is 13.4 Å². The van der Waals surface area contributed by atoms with Crippen LogP contribution in [0, 0.1) is 0 Å². The number of imidazole rings is 1. The van der Waals surface area contributed by atoms with Gasteiger partial charge < -0.3 is 9.47 Å². The van der Waals surface area contributed by atoms with Crippen molar-refractivity contribution in [2.75, 3.05) is 4.90 Å². The number of rotatable bonds is 4. The molecule has 2 aromatic carbocycles. The highest BCUT2D eigenvalue weighted by Gasteiger charge is 2.19. The van der Waals surface area contributed by atoms with E-state index in [1.165, 1.54) is 0 Å².